The van der Waals surface area contributed by atoms with Crippen LogP contribution in [0.5, 0.6) is 0 Å². The van der Waals surface area contributed by atoms with Gasteiger partial charge in [0.05, 0.1) is 11.1 Å². The zero-order valence-corrected chi connectivity index (χ0v) is 16.0. The van der Waals surface area contributed by atoms with Crippen LogP contribution in [0.1, 0.15) is 10.4 Å². The number of para-hydroxylation sites is 1. The lowest BCUT2D eigenvalue weighted by molar-refractivity contribution is -0.646. The normalized spacial score (nSPS) is 10.8. The summed E-state index contributed by atoms with van der Waals surface area (Å²) >= 11 is 1.18. The van der Waals surface area contributed by atoms with Gasteiger partial charge in [-0.2, -0.15) is 4.57 Å². The van der Waals surface area contributed by atoms with Gasteiger partial charge in [0.1, 0.15) is 17.8 Å². The number of rotatable bonds is 4. The van der Waals surface area contributed by atoms with Crippen molar-refractivity contribution >= 4 is 39.2 Å². The third-order valence-electron chi connectivity index (χ3n) is 4.44. The number of fused-ring (bicyclic) bond motifs is 1. The van der Waals surface area contributed by atoms with Crippen LogP contribution in [-0.4, -0.2) is 5.12 Å². The highest BCUT2D eigenvalue weighted by atomic mass is 32.2. The molecule has 0 spiro atoms. The Kier molecular flexibility index (Phi) is 5.08. The van der Waals surface area contributed by atoms with Crippen molar-refractivity contribution in [1.82, 2.24) is 0 Å². The van der Waals surface area contributed by atoms with E-state index in [4.69, 9.17) is 0 Å². The molecule has 0 aliphatic rings. The van der Waals surface area contributed by atoms with Crippen LogP contribution in [0.4, 0.5) is 15.8 Å². The van der Waals surface area contributed by atoms with Gasteiger partial charge in [0.2, 0.25) is 10.6 Å². The van der Waals surface area contributed by atoms with Crippen molar-refractivity contribution in [3.05, 3.63) is 96.4 Å². The number of hydrogen-bond acceptors (Lipinski definition) is 3. The molecular formula is C23H18FN2OS+. The third-order valence-corrected chi connectivity index (χ3v) is 5.39. The van der Waals surface area contributed by atoms with Crippen LogP contribution in [0.25, 0.3) is 10.9 Å². The van der Waals surface area contributed by atoms with Gasteiger partial charge in [0, 0.05) is 17.3 Å². The maximum Gasteiger partial charge on any atom is 0.224 e. The zero-order valence-electron chi connectivity index (χ0n) is 15.2. The second kappa shape index (κ2) is 7.82. The molecule has 5 heteroatoms. The quantitative estimate of drug-likeness (QED) is 0.371. The minimum Gasteiger partial charge on any atom is -0.354 e. The Balaban J connectivity index is 1.80. The van der Waals surface area contributed by atoms with Gasteiger partial charge in [-0.05, 0) is 42.1 Å². The molecule has 1 heterocycles. The average molecular weight is 389 g/mol. The minimum atomic E-state index is -0.288. The lowest BCUT2D eigenvalue weighted by Crippen LogP contribution is -2.29. The van der Waals surface area contributed by atoms with Crippen LogP contribution >= 0.6 is 11.8 Å². The monoisotopic (exact) mass is 389 g/mol. The van der Waals surface area contributed by atoms with E-state index in [1.807, 2.05) is 72.4 Å². The Morgan fingerprint density at radius 3 is 2.36 bits per heavy atom. The number of benzene rings is 3. The fourth-order valence-electron chi connectivity index (χ4n) is 3.05. The molecule has 0 saturated heterocycles. The second-order valence-corrected chi connectivity index (χ2v) is 7.40. The molecule has 0 amide bonds. The molecule has 138 valence electrons. The van der Waals surface area contributed by atoms with E-state index in [2.05, 4.69) is 5.32 Å². The number of thioether (sulfide) groups is 1. The molecule has 0 unspecified atom stereocenters. The van der Waals surface area contributed by atoms with Crippen LogP contribution in [0.2, 0.25) is 0 Å². The predicted molar refractivity (Wildman–Crippen MR) is 111 cm³/mol. The maximum absolute atomic E-state index is 13.3. The second-order valence-electron chi connectivity index (χ2n) is 6.38. The number of anilines is 2. The van der Waals surface area contributed by atoms with Crippen molar-refractivity contribution in [1.29, 1.82) is 0 Å². The fourth-order valence-corrected chi connectivity index (χ4v) is 3.98. The summed E-state index contributed by atoms with van der Waals surface area (Å²) in [4.78, 5) is 13.6. The molecule has 0 saturated carbocycles. The van der Waals surface area contributed by atoms with Crippen molar-refractivity contribution in [2.45, 2.75) is 4.90 Å². The summed E-state index contributed by atoms with van der Waals surface area (Å²) in [5.41, 5.74) is 3.27. The molecule has 0 aliphatic heterocycles. The summed E-state index contributed by atoms with van der Waals surface area (Å²) in [6.45, 7) is 0. The number of carbonyl (C=O) groups is 1. The summed E-state index contributed by atoms with van der Waals surface area (Å²) in [6, 6.07) is 23.4. The molecule has 1 N–H and O–H groups in total. The number of carbonyl (C=O) groups excluding carboxylic acids is 1. The Hall–Kier alpha value is -3.18. The van der Waals surface area contributed by atoms with E-state index in [1.54, 1.807) is 12.1 Å². The van der Waals surface area contributed by atoms with Gasteiger partial charge in [0.15, 0.2) is 6.20 Å². The molecule has 4 aromatic rings. The lowest BCUT2D eigenvalue weighted by atomic mass is 10.1. The molecule has 3 aromatic carbocycles. The SMILES string of the molecule is C[n+]1cc(SC(=O)c2ccccc2)c(Nc2ccc(F)cc2)c2ccccc21. The van der Waals surface area contributed by atoms with Crippen molar-refractivity contribution in [3.8, 4) is 0 Å². The van der Waals surface area contributed by atoms with Crippen LogP contribution in [0, 0.1) is 5.82 Å². The number of aryl methyl sites for hydroxylation is 1. The smallest absolute Gasteiger partial charge is 0.224 e. The number of hydrogen-bond donors (Lipinski definition) is 1. The average Bonchev–Trinajstić information content (AvgIpc) is 2.73. The third kappa shape index (κ3) is 3.75. The van der Waals surface area contributed by atoms with Gasteiger partial charge in [-0.1, -0.05) is 42.5 Å². The molecule has 3 nitrogen and oxygen atoms in total. The van der Waals surface area contributed by atoms with E-state index in [9.17, 15) is 9.18 Å². The molecule has 0 fully saturated rings. The van der Waals surface area contributed by atoms with E-state index in [-0.39, 0.29) is 10.9 Å². The van der Waals surface area contributed by atoms with Gasteiger partial charge in [-0.3, -0.25) is 4.79 Å². The predicted octanol–water partition coefficient (Wildman–Crippen LogP) is 5.48. The zero-order chi connectivity index (χ0) is 19.5. The first-order valence-electron chi connectivity index (χ1n) is 8.83. The number of pyridine rings is 1. The van der Waals surface area contributed by atoms with E-state index in [1.165, 1.54) is 23.9 Å². The van der Waals surface area contributed by atoms with E-state index in [0.29, 0.717) is 5.56 Å². The van der Waals surface area contributed by atoms with Gasteiger partial charge >= 0.3 is 0 Å². The van der Waals surface area contributed by atoms with E-state index >= 15 is 0 Å². The van der Waals surface area contributed by atoms with E-state index < -0.39 is 0 Å². The van der Waals surface area contributed by atoms with Crippen molar-refractivity contribution in [3.63, 3.8) is 0 Å². The lowest BCUT2D eigenvalue weighted by Gasteiger charge is -2.13. The standard InChI is InChI=1S/C23H17FN2OS/c1-26-15-21(28-23(27)16-7-3-2-4-8-16)22(19-9-5-6-10-20(19)26)25-18-13-11-17(24)12-14-18/h2-15H,1H3/p+1. The Bertz CT molecular complexity index is 1140. The molecule has 28 heavy (non-hydrogen) atoms. The molecule has 0 bridgehead atoms. The van der Waals surface area contributed by atoms with Crippen molar-refractivity contribution in [2.24, 2.45) is 7.05 Å². The van der Waals surface area contributed by atoms with Crippen LogP contribution in [-0.2, 0) is 7.05 Å². The van der Waals surface area contributed by atoms with Crippen LogP contribution < -0.4 is 9.88 Å². The fraction of sp³-hybridized carbons (Fsp3) is 0.0435. The van der Waals surface area contributed by atoms with Crippen LogP contribution in [0.3, 0.4) is 0 Å². The summed E-state index contributed by atoms with van der Waals surface area (Å²) in [5.74, 6) is -0.288. The number of aromatic nitrogens is 1. The maximum atomic E-state index is 13.3. The van der Waals surface area contributed by atoms with Crippen LogP contribution in [0.15, 0.2) is 90.0 Å². The first kappa shape index (κ1) is 18.2. The molecule has 0 atom stereocenters. The molecule has 0 aliphatic carbocycles. The Labute approximate surface area is 166 Å². The summed E-state index contributed by atoms with van der Waals surface area (Å²) < 4.78 is 15.3. The summed E-state index contributed by atoms with van der Waals surface area (Å²) in [6.07, 6.45) is 1.94. The van der Waals surface area contributed by atoms with Gasteiger partial charge in [-0.25, -0.2) is 4.39 Å². The number of nitrogens with zero attached hydrogens (tertiary/aromatic N) is 1. The van der Waals surface area contributed by atoms with Gasteiger partial charge in [0.25, 0.3) is 0 Å². The first-order chi connectivity index (χ1) is 13.6. The summed E-state index contributed by atoms with van der Waals surface area (Å²) in [5, 5.41) is 4.33. The molecule has 1 aromatic heterocycles. The Morgan fingerprint density at radius 1 is 0.929 bits per heavy atom. The Morgan fingerprint density at radius 2 is 1.61 bits per heavy atom. The molecule has 4 rings (SSSR count). The highest BCUT2D eigenvalue weighted by molar-refractivity contribution is 8.14. The van der Waals surface area contributed by atoms with Crippen molar-refractivity contribution in [2.75, 3.05) is 5.32 Å². The van der Waals surface area contributed by atoms with Gasteiger partial charge < -0.3 is 5.32 Å². The molecular weight excluding hydrogens is 371 g/mol. The number of halogens is 1. The minimum absolute atomic E-state index is 0.0296. The summed E-state index contributed by atoms with van der Waals surface area (Å²) in [7, 11) is 1.96. The highest BCUT2D eigenvalue weighted by Crippen LogP contribution is 2.36. The largest absolute Gasteiger partial charge is 0.354 e. The topological polar surface area (TPSA) is 33.0 Å². The molecule has 0 radical (unpaired) electrons. The number of nitrogens with one attached hydrogen (secondary N) is 1. The van der Waals surface area contributed by atoms with Gasteiger partial charge in [-0.15, -0.1) is 0 Å². The van der Waals surface area contributed by atoms with E-state index in [0.717, 1.165) is 27.2 Å². The van der Waals surface area contributed by atoms with Crippen molar-refractivity contribution < 1.29 is 13.8 Å². The first-order valence-corrected chi connectivity index (χ1v) is 9.64. The highest BCUT2D eigenvalue weighted by Gasteiger charge is 2.20.